The molecule has 1 aromatic rings. The van der Waals surface area contributed by atoms with Gasteiger partial charge in [-0.1, -0.05) is 12.8 Å². The summed E-state index contributed by atoms with van der Waals surface area (Å²) in [7, 11) is 1.40. The van der Waals surface area contributed by atoms with Crippen molar-refractivity contribution in [2.45, 2.75) is 44.3 Å². The molecule has 2 N–H and O–H groups in total. The average Bonchev–Trinajstić information content (AvgIpc) is 2.93. The van der Waals surface area contributed by atoms with Crippen LogP contribution < -0.4 is 5.73 Å². The Morgan fingerprint density at radius 3 is 2.83 bits per heavy atom. The number of methoxy groups -OCH3 is 1. The van der Waals surface area contributed by atoms with Crippen molar-refractivity contribution in [3.05, 3.63) is 16.0 Å². The van der Waals surface area contributed by atoms with Crippen LogP contribution in [-0.2, 0) is 22.5 Å². The van der Waals surface area contributed by atoms with Gasteiger partial charge in [0.15, 0.2) is 0 Å². The highest BCUT2D eigenvalue weighted by Gasteiger charge is 2.41. The van der Waals surface area contributed by atoms with Crippen LogP contribution in [0.15, 0.2) is 0 Å². The van der Waals surface area contributed by atoms with Gasteiger partial charge in [0.2, 0.25) is 0 Å². The molecule has 1 aliphatic heterocycles. The predicted molar refractivity (Wildman–Crippen MR) is 69.8 cm³/mol. The molecule has 0 amide bonds. The van der Waals surface area contributed by atoms with E-state index in [1.807, 2.05) is 0 Å². The van der Waals surface area contributed by atoms with E-state index in [0.717, 1.165) is 29.7 Å². The number of rotatable bonds is 1. The van der Waals surface area contributed by atoms with E-state index < -0.39 is 0 Å². The number of hydrogen-bond acceptors (Lipinski definition) is 5. The number of nitrogens with two attached hydrogens (primary N) is 1. The molecule has 0 aromatic carbocycles. The van der Waals surface area contributed by atoms with Crippen molar-refractivity contribution in [2.75, 3.05) is 12.8 Å². The standard InChI is InChI=1S/C13H17NO3S/c1-16-12(15)10-8-6-13(4-2-3-5-13)17-7-9(8)18-11(10)14/h2-7,14H2,1H3. The van der Waals surface area contributed by atoms with Crippen molar-refractivity contribution in [3.63, 3.8) is 0 Å². The maximum atomic E-state index is 11.8. The summed E-state index contributed by atoms with van der Waals surface area (Å²) < 4.78 is 10.9. The summed E-state index contributed by atoms with van der Waals surface area (Å²) >= 11 is 1.45. The molecular weight excluding hydrogens is 250 g/mol. The van der Waals surface area contributed by atoms with E-state index in [1.165, 1.54) is 31.3 Å². The van der Waals surface area contributed by atoms with Crippen LogP contribution in [0.5, 0.6) is 0 Å². The topological polar surface area (TPSA) is 61.5 Å². The van der Waals surface area contributed by atoms with Crippen LogP contribution >= 0.6 is 11.3 Å². The van der Waals surface area contributed by atoms with E-state index >= 15 is 0 Å². The van der Waals surface area contributed by atoms with Gasteiger partial charge in [0, 0.05) is 11.3 Å². The fourth-order valence-electron chi connectivity index (χ4n) is 3.10. The Morgan fingerprint density at radius 1 is 1.44 bits per heavy atom. The lowest BCUT2D eigenvalue weighted by Gasteiger charge is -2.33. The zero-order valence-electron chi connectivity index (χ0n) is 10.5. The second-order valence-electron chi connectivity index (χ2n) is 5.09. The summed E-state index contributed by atoms with van der Waals surface area (Å²) in [6.07, 6.45) is 5.40. The Labute approximate surface area is 110 Å². The summed E-state index contributed by atoms with van der Waals surface area (Å²) in [6, 6.07) is 0. The number of thiophene rings is 1. The summed E-state index contributed by atoms with van der Waals surface area (Å²) in [4.78, 5) is 12.9. The minimum atomic E-state index is -0.319. The highest BCUT2D eigenvalue weighted by atomic mass is 32.1. The first-order valence-corrected chi connectivity index (χ1v) is 7.09. The van der Waals surface area contributed by atoms with E-state index in [1.54, 1.807) is 0 Å². The lowest BCUT2D eigenvalue weighted by Crippen LogP contribution is -2.35. The molecule has 1 aromatic heterocycles. The van der Waals surface area contributed by atoms with Crippen LogP contribution in [0.2, 0.25) is 0 Å². The van der Waals surface area contributed by atoms with Crippen molar-refractivity contribution in [1.82, 2.24) is 0 Å². The van der Waals surface area contributed by atoms with Gasteiger partial charge in [0.05, 0.1) is 24.9 Å². The van der Waals surface area contributed by atoms with Gasteiger partial charge in [0.25, 0.3) is 0 Å². The second kappa shape index (κ2) is 4.24. The number of nitrogen functional groups attached to an aromatic ring is 1. The first-order chi connectivity index (χ1) is 8.65. The first kappa shape index (κ1) is 12.0. The van der Waals surface area contributed by atoms with Crippen LogP contribution in [0, 0.1) is 0 Å². The number of anilines is 1. The number of carbonyl (C=O) groups is 1. The van der Waals surface area contributed by atoms with Gasteiger partial charge < -0.3 is 15.2 Å². The van der Waals surface area contributed by atoms with Gasteiger partial charge >= 0.3 is 5.97 Å². The molecule has 2 heterocycles. The Hall–Kier alpha value is -1.07. The quantitative estimate of drug-likeness (QED) is 0.794. The number of fused-ring (bicyclic) bond motifs is 1. The van der Waals surface area contributed by atoms with Gasteiger partial charge in [-0.3, -0.25) is 0 Å². The zero-order valence-corrected chi connectivity index (χ0v) is 11.3. The van der Waals surface area contributed by atoms with Crippen LogP contribution in [-0.4, -0.2) is 18.7 Å². The fourth-order valence-corrected chi connectivity index (χ4v) is 4.08. The maximum absolute atomic E-state index is 11.8. The second-order valence-corrected chi connectivity index (χ2v) is 6.23. The summed E-state index contributed by atoms with van der Waals surface area (Å²) in [5.74, 6) is -0.319. The molecule has 1 spiro atoms. The molecule has 0 saturated heterocycles. The van der Waals surface area contributed by atoms with E-state index in [0.29, 0.717) is 17.2 Å². The summed E-state index contributed by atoms with van der Waals surface area (Å²) in [5, 5.41) is 0.561. The van der Waals surface area contributed by atoms with Gasteiger partial charge in [-0.05, 0) is 18.4 Å². The van der Waals surface area contributed by atoms with Gasteiger partial charge in [-0.25, -0.2) is 4.79 Å². The van der Waals surface area contributed by atoms with Crippen LogP contribution in [0.3, 0.4) is 0 Å². The lowest BCUT2D eigenvalue weighted by atomic mass is 9.88. The van der Waals surface area contributed by atoms with E-state index in [2.05, 4.69) is 0 Å². The van der Waals surface area contributed by atoms with Crippen molar-refractivity contribution >= 4 is 22.3 Å². The molecule has 2 aliphatic rings. The van der Waals surface area contributed by atoms with Gasteiger partial charge in [-0.2, -0.15) is 0 Å². The molecule has 1 fully saturated rings. The van der Waals surface area contributed by atoms with Crippen LogP contribution in [0.25, 0.3) is 0 Å². The Bertz CT molecular complexity index is 489. The van der Waals surface area contributed by atoms with Crippen molar-refractivity contribution in [2.24, 2.45) is 0 Å². The minimum Gasteiger partial charge on any atom is -0.465 e. The molecule has 0 bridgehead atoms. The monoisotopic (exact) mass is 267 g/mol. The molecule has 0 radical (unpaired) electrons. The van der Waals surface area contributed by atoms with Crippen molar-refractivity contribution in [1.29, 1.82) is 0 Å². The molecule has 98 valence electrons. The normalized spacial score (nSPS) is 20.9. The van der Waals surface area contributed by atoms with E-state index in [-0.39, 0.29) is 11.6 Å². The lowest BCUT2D eigenvalue weighted by molar-refractivity contribution is -0.0608. The van der Waals surface area contributed by atoms with Crippen LogP contribution in [0.1, 0.15) is 46.5 Å². The number of esters is 1. The van der Waals surface area contributed by atoms with Gasteiger partial charge in [-0.15, -0.1) is 11.3 Å². The van der Waals surface area contributed by atoms with Crippen molar-refractivity contribution in [3.8, 4) is 0 Å². The Morgan fingerprint density at radius 2 is 2.17 bits per heavy atom. The number of carbonyl (C=O) groups excluding carboxylic acids is 1. The average molecular weight is 267 g/mol. The van der Waals surface area contributed by atoms with E-state index in [4.69, 9.17) is 15.2 Å². The SMILES string of the molecule is COC(=O)c1c(N)sc2c1CC1(CCCC1)OC2. The third kappa shape index (κ3) is 1.73. The fraction of sp³-hybridized carbons (Fsp3) is 0.615. The molecule has 18 heavy (non-hydrogen) atoms. The predicted octanol–water partition coefficient (Wildman–Crippen LogP) is 2.50. The Balaban J connectivity index is 2.00. The molecule has 0 unspecified atom stereocenters. The van der Waals surface area contributed by atoms with Gasteiger partial charge in [0.1, 0.15) is 5.00 Å². The largest absolute Gasteiger partial charge is 0.465 e. The molecule has 1 saturated carbocycles. The molecular formula is C13H17NO3S. The molecule has 4 nitrogen and oxygen atoms in total. The molecule has 0 atom stereocenters. The smallest absolute Gasteiger partial charge is 0.341 e. The molecule has 5 heteroatoms. The summed E-state index contributed by atoms with van der Waals surface area (Å²) in [6.45, 7) is 0.585. The zero-order chi connectivity index (χ0) is 12.8. The highest BCUT2D eigenvalue weighted by Crippen LogP contribution is 2.45. The molecule has 3 rings (SSSR count). The molecule has 1 aliphatic carbocycles. The third-order valence-electron chi connectivity index (χ3n) is 4.03. The Kier molecular flexibility index (Phi) is 2.83. The minimum absolute atomic E-state index is 0.0523. The first-order valence-electron chi connectivity index (χ1n) is 6.27. The van der Waals surface area contributed by atoms with Crippen LogP contribution in [0.4, 0.5) is 5.00 Å². The highest BCUT2D eigenvalue weighted by molar-refractivity contribution is 7.16. The number of ether oxygens (including phenoxy) is 2. The summed E-state index contributed by atoms with van der Waals surface area (Å²) in [5.41, 5.74) is 7.54. The maximum Gasteiger partial charge on any atom is 0.341 e. The third-order valence-corrected chi connectivity index (χ3v) is 5.07. The van der Waals surface area contributed by atoms with E-state index in [9.17, 15) is 4.79 Å². The number of hydrogen-bond donors (Lipinski definition) is 1. The van der Waals surface area contributed by atoms with Crippen molar-refractivity contribution < 1.29 is 14.3 Å².